The van der Waals surface area contributed by atoms with Gasteiger partial charge in [0, 0.05) is 18.8 Å². The zero-order valence-corrected chi connectivity index (χ0v) is 9.87. The second kappa shape index (κ2) is 3.63. The summed E-state index contributed by atoms with van der Waals surface area (Å²) >= 11 is 0. The first kappa shape index (κ1) is 10.7. The maximum Gasteiger partial charge on any atom is 0.216 e. The smallest absolute Gasteiger partial charge is 0.216 e. The van der Waals surface area contributed by atoms with Crippen LogP contribution in [0.2, 0.25) is 0 Å². The molecular weight excluding hydrogens is 204 g/mol. The first-order valence-electron chi connectivity index (χ1n) is 5.11. The van der Waals surface area contributed by atoms with E-state index in [1.54, 1.807) is 30.9 Å². The number of nitrogens with zero attached hydrogens (tertiary/aromatic N) is 2. The fraction of sp³-hybridized carbons (Fsp3) is 0.333. The van der Waals surface area contributed by atoms with E-state index in [0.717, 1.165) is 11.3 Å². The molecule has 0 N–H and O–H groups in total. The van der Waals surface area contributed by atoms with Gasteiger partial charge < -0.3 is 4.42 Å². The van der Waals surface area contributed by atoms with Crippen molar-refractivity contribution in [2.75, 3.05) is 0 Å². The lowest BCUT2D eigenvalue weighted by atomic mass is 10.0. The molecule has 0 unspecified atom stereocenters. The van der Waals surface area contributed by atoms with Crippen LogP contribution in [-0.2, 0) is 7.05 Å². The van der Waals surface area contributed by atoms with Crippen molar-refractivity contribution in [2.45, 2.75) is 20.8 Å². The molecule has 0 amide bonds. The third-order valence-electron chi connectivity index (χ3n) is 2.73. The summed E-state index contributed by atoms with van der Waals surface area (Å²) in [5.74, 6) is 1.37. The van der Waals surface area contributed by atoms with Gasteiger partial charge in [0.15, 0.2) is 0 Å². The topological polar surface area (TPSA) is 48.0 Å². The lowest BCUT2D eigenvalue weighted by Gasteiger charge is -1.96. The molecule has 0 radical (unpaired) electrons. The standard InChI is InChI=1S/C12H14N2O2/c1-7-8(2)16-9(3)11(7)12(15)10-5-6-14(4)13-10/h5-6H,1-4H3. The van der Waals surface area contributed by atoms with Crippen LogP contribution < -0.4 is 0 Å². The Balaban J connectivity index is 2.49. The fourth-order valence-corrected chi connectivity index (χ4v) is 1.79. The van der Waals surface area contributed by atoms with E-state index < -0.39 is 0 Å². The normalized spacial score (nSPS) is 10.8. The Bertz CT molecular complexity index is 549. The van der Waals surface area contributed by atoms with Gasteiger partial charge in [0.2, 0.25) is 5.78 Å². The minimum absolute atomic E-state index is 0.0764. The molecule has 0 spiro atoms. The highest BCUT2D eigenvalue weighted by molar-refractivity contribution is 6.09. The number of hydrogen-bond acceptors (Lipinski definition) is 3. The maximum atomic E-state index is 12.2. The minimum Gasteiger partial charge on any atom is -0.466 e. The van der Waals surface area contributed by atoms with E-state index in [0.29, 0.717) is 17.0 Å². The molecule has 0 fully saturated rings. The SMILES string of the molecule is Cc1oc(C)c(C(=O)c2ccn(C)n2)c1C. The number of carbonyl (C=O) groups excluding carboxylic acids is 1. The van der Waals surface area contributed by atoms with Gasteiger partial charge in [-0.1, -0.05) is 0 Å². The molecule has 0 aliphatic heterocycles. The van der Waals surface area contributed by atoms with Crippen molar-refractivity contribution in [2.24, 2.45) is 7.05 Å². The first-order chi connectivity index (χ1) is 7.50. The van der Waals surface area contributed by atoms with Gasteiger partial charge >= 0.3 is 0 Å². The number of aromatic nitrogens is 2. The molecule has 16 heavy (non-hydrogen) atoms. The van der Waals surface area contributed by atoms with E-state index in [9.17, 15) is 4.79 Å². The van der Waals surface area contributed by atoms with E-state index in [2.05, 4.69) is 5.10 Å². The first-order valence-corrected chi connectivity index (χ1v) is 5.11. The molecule has 2 heterocycles. The Morgan fingerprint density at radius 3 is 2.44 bits per heavy atom. The lowest BCUT2D eigenvalue weighted by Crippen LogP contribution is -2.05. The quantitative estimate of drug-likeness (QED) is 0.726. The third kappa shape index (κ3) is 1.56. The molecule has 0 aliphatic rings. The van der Waals surface area contributed by atoms with Crippen LogP contribution in [0, 0.1) is 20.8 Å². The van der Waals surface area contributed by atoms with Gasteiger partial charge in [-0.05, 0) is 26.8 Å². The number of rotatable bonds is 2. The van der Waals surface area contributed by atoms with Crippen LogP contribution in [0.1, 0.15) is 33.1 Å². The summed E-state index contributed by atoms with van der Waals surface area (Å²) in [4.78, 5) is 12.2. The summed E-state index contributed by atoms with van der Waals surface area (Å²) in [6.07, 6.45) is 1.75. The summed E-state index contributed by atoms with van der Waals surface area (Å²) in [5, 5.41) is 4.10. The number of carbonyl (C=O) groups is 1. The molecule has 0 saturated carbocycles. The zero-order valence-electron chi connectivity index (χ0n) is 9.87. The van der Waals surface area contributed by atoms with Crippen molar-refractivity contribution in [3.8, 4) is 0 Å². The van der Waals surface area contributed by atoms with Crippen LogP contribution in [0.25, 0.3) is 0 Å². The number of hydrogen-bond donors (Lipinski definition) is 0. The molecule has 84 valence electrons. The van der Waals surface area contributed by atoms with Gasteiger partial charge in [-0.15, -0.1) is 0 Å². The van der Waals surface area contributed by atoms with E-state index in [-0.39, 0.29) is 5.78 Å². The summed E-state index contributed by atoms with van der Waals surface area (Å²) in [7, 11) is 1.79. The predicted molar refractivity (Wildman–Crippen MR) is 59.6 cm³/mol. The van der Waals surface area contributed by atoms with E-state index in [4.69, 9.17) is 4.42 Å². The number of ketones is 1. The van der Waals surface area contributed by atoms with Crippen LogP contribution in [0.4, 0.5) is 0 Å². The Morgan fingerprint density at radius 1 is 1.31 bits per heavy atom. The Kier molecular flexibility index (Phi) is 2.42. The van der Waals surface area contributed by atoms with Crippen molar-refractivity contribution in [3.05, 3.63) is 40.6 Å². The van der Waals surface area contributed by atoms with Crippen molar-refractivity contribution >= 4 is 5.78 Å². The van der Waals surface area contributed by atoms with Crippen LogP contribution in [0.3, 0.4) is 0 Å². The predicted octanol–water partition coefficient (Wildman–Crippen LogP) is 2.17. The molecule has 4 nitrogen and oxygen atoms in total. The molecule has 0 aromatic carbocycles. The molecule has 0 bridgehead atoms. The van der Waals surface area contributed by atoms with E-state index in [1.165, 1.54) is 0 Å². The monoisotopic (exact) mass is 218 g/mol. The molecule has 0 saturated heterocycles. The molecule has 4 heteroatoms. The highest BCUT2D eigenvalue weighted by Gasteiger charge is 2.21. The summed E-state index contributed by atoms with van der Waals surface area (Å²) in [6, 6.07) is 1.71. The van der Waals surface area contributed by atoms with E-state index >= 15 is 0 Å². The fourth-order valence-electron chi connectivity index (χ4n) is 1.79. The Morgan fingerprint density at radius 2 is 2.00 bits per heavy atom. The Labute approximate surface area is 93.9 Å². The summed E-state index contributed by atoms with van der Waals surface area (Å²) < 4.78 is 7.06. The molecule has 2 rings (SSSR count). The molecular formula is C12H14N2O2. The zero-order chi connectivity index (χ0) is 11.9. The van der Waals surface area contributed by atoms with Gasteiger partial charge in [0.25, 0.3) is 0 Å². The van der Waals surface area contributed by atoms with Crippen molar-refractivity contribution < 1.29 is 9.21 Å². The third-order valence-corrected chi connectivity index (χ3v) is 2.73. The number of furan rings is 1. The van der Waals surface area contributed by atoms with Crippen molar-refractivity contribution in [1.82, 2.24) is 9.78 Å². The van der Waals surface area contributed by atoms with Crippen LogP contribution in [0.5, 0.6) is 0 Å². The van der Waals surface area contributed by atoms with E-state index in [1.807, 2.05) is 13.8 Å². The molecule has 0 atom stereocenters. The summed E-state index contributed by atoms with van der Waals surface area (Å²) in [6.45, 7) is 5.55. The minimum atomic E-state index is -0.0764. The van der Waals surface area contributed by atoms with Gasteiger partial charge in [0.1, 0.15) is 17.2 Å². The second-order valence-electron chi connectivity index (χ2n) is 3.92. The van der Waals surface area contributed by atoms with Crippen LogP contribution >= 0.6 is 0 Å². The van der Waals surface area contributed by atoms with Crippen LogP contribution in [0.15, 0.2) is 16.7 Å². The average Bonchev–Trinajstić information content (AvgIpc) is 2.73. The van der Waals surface area contributed by atoms with Gasteiger partial charge in [-0.3, -0.25) is 9.48 Å². The van der Waals surface area contributed by atoms with Crippen molar-refractivity contribution in [3.63, 3.8) is 0 Å². The molecule has 0 aliphatic carbocycles. The van der Waals surface area contributed by atoms with Gasteiger partial charge in [-0.2, -0.15) is 5.10 Å². The molecule has 2 aromatic heterocycles. The Hall–Kier alpha value is -1.84. The summed E-state index contributed by atoms with van der Waals surface area (Å²) in [5.41, 5.74) is 1.99. The second-order valence-corrected chi connectivity index (χ2v) is 3.92. The van der Waals surface area contributed by atoms with Crippen LogP contribution in [-0.4, -0.2) is 15.6 Å². The van der Waals surface area contributed by atoms with Gasteiger partial charge in [0.05, 0.1) is 5.56 Å². The van der Waals surface area contributed by atoms with Gasteiger partial charge in [-0.25, -0.2) is 0 Å². The number of aryl methyl sites for hydroxylation is 3. The maximum absolute atomic E-state index is 12.2. The largest absolute Gasteiger partial charge is 0.466 e. The average molecular weight is 218 g/mol. The highest BCUT2D eigenvalue weighted by Crippen LogP contribution is 2.23. The highest BCUT2D eigenvalue weighted by atomic mass is 16.3. The lowest BCUT2D eigenvalue weighted by molar-refractivity contribution is 0.103. The molecule has 2 aromatic rings. The van der Waals surface area contributed by atoms with Crippen molar-refractivity contribution in [1.29, 1.82) is 0 Å².